The second-order valence-electron chi connectivity index (χ2n) is 9.31. The van der Waals surface area contributed by atoms with Crippen LogP contribution in [-0.2, 0) is 32.3 Å². The Hall–Kier alpha value is -2.50. The Bertz CT molecular complexity index is 1280. The summed E-state index contributed by atoms with van der Waals surface area (Å²) in [5.41, 5.74) is -0.571. The number of nitrogens with zero attached hydrogens (tertiary/aromatic N) is 2. The van der Waals surface area contributed by atoms with Crippen molar-refractivity contribution in [2.75, 3.05) is 23.7 Å². The van der Waals surface area contributed by atoms with Crippen molar-refractivity contribution in [3.63, 3.8) is 0 Å². The number of hydrogen-bond acceptors (Lipinski definition) is 4. The molecular formula is C27H34Cl2F3N3O4S. The first kappa shape index (κ1) is 33.7. The van der Waals surface area contributed by atoms with Gasteiger partial charge in [-0.25, -0.2) is 8.42 Å². The van der Waals surface area contributed by atoms with Crippen LogP contribution in [0.5, 0.6) is 0 Å². The van der Waals surface area contributed by atoms with E-state index < -0.39 is 33.7 Å². The van der Waals surface area contributed by atoms with Crippen molar-refractivity contribution in [2.24, 2.45) is 0 Å². The minimum absolute atomic E-state index is 0.000880. The summed E-state index contributed by atoms with van der Waals surface area (Å²) in [4.78, 5) is 27.9. The van der Waals surface area contributed by atoms with Crippen molar-refractivity contribution in [1.82, 2.24) is 10.2 Å². The highest BCUT2D eigenvalue weighted by molar-refractivity contribution is 7.92. The molecule has 0 unspecified atom stereocenters. The minimum Gasteiger partial charge on any atom is -0.354 e. The molecule has 0 heterocycles. The Morgan fingerprint density at radius 1 is 1.05 bits per heavy atom. The third-order valence-electron chi connectivity index (χ3n) is 6.18. The van der Waals surface area contributed by atoms with Gasteiger partial charge in [0.05, 0.1) is 17.5 Å². The summed E-state index contributed by atoms with van der Waals surface area (Å²) in [7, 11) is -3.96. The number of halogens is 5. The number of hydrogen-bond donors (Lipinski definition) is 1. The number of rotatable bonds is 14. The Labute approximate surface area is 243 Å². The van der Waals surface area contributed by atoms with Crippen molar-refractivity contribution in [2.45, 2.75) is 64.7 Å². The molecule has 0 radical (unpaired) electrons. The maximum absolute atomic E-state index is 13.5. The van der Waals surface area contributed by atoms with E-state index in [2.05, 4.69) is 5.32 Å². The van der Waals surface area contributed by atoms with Gasteiger partial charge in [-0.1, -0.05) is 55.6 Å². The van der Waals surface area contributed by atoms with Crippen LogP contribution in [0, 0.1) is 0 Å². The largest absolute Gasteiger partial charge is 0.416 e. The Morgan fingerprint density at radius 3 is 2.33 bits per heavy atom. The first-order valence-corrected chi connectivity index (χ1v) is 15.5. The second kappa shape index (κ2) is 14.9. The summed E-state index contributed by atoms with van der Waals surface area (Å²) < 4.78 is 65.4. The van der Waals surface area contributed by atoms with Gasteiger partial charge in [0.1, 0.15) is 6.04 Å². The number of carbonyl (C=O) groups excluding carboxylic acids is 2. The summed E-state index contributed by atoms with van der Waals surface area (Å²) >= 11 is 12.3. The second-order valence-corrected chi connectivity index (χ2v) is 12.1. The number of alkyl halides is 3. The van der Waals surface area contributed by atoms with Crippen LogP contribution in [0.15, 0.2) is 42.5 Å². The first-order chi connectivity index (χ1) is 18.7. The molecule has 2 aromatic rings. The molecule has 2 rings (SSSR count). The number of carbonyl (C=O) groups is 2. The van der Waals surface area contributed by atoms with Gasteiger partial charge in [-0.05, 0) is 55.2 Å². The summed E-state index contributed by atoms with van der Waals surface area (Å²) in [6.07, 6.45) is -1.95. The lowest BCUT2D eigenvalue weighted by atomic mass is 10.1. The van der Waals surface area contributed by atoms with Gasteiger partial charge in [-0.2, -0.15) is 13.2 Å². The van der Waals surface area contributed by atoms with Crippen LogP contribution in [-0.4, -0.2) is 50.5 Å². The molecule has 0 bridgehead atoms. The van der Waals surface area contributed by atoms with E-state index in [1.165, 1.54) is 17.0 Å². The van der Waals surface area contributed by atoms with Gasteiger partial charge in [0.2, 0.25) is 21.8 Å². The highest BCUT2D eigenvalue weighted by Gasteiger charge is 2.32. The molecule has 222 valence electrons. The highest BCUT2D eigenvalue weighted by Crippen LogP contribution is 2.32. The molecular weight excluding hydrogens is 590 g/mol. The molecule has 40 heavy (non-hydrogen) atoms. The standard InChI is InChI=1S/C27H34Cl2F3N3O4S/c1-4-6-14-33-26(37)24(5-2)34(18-19-12-13-21(28)17-23(19)29)25(36)11-8-15-35(40(3,38)39)22-10-7-9-20(16-22)27(30,31)32/h7,9-10,12-13,16-17,24H,4-6,8,11,14-15,18H2,1-3H3,(H,33,37)/t24-/m0/s1. The monoisotopic (exact) mass is 623 g/mol. The van der Waals surface area contributed by atoms with Crippen molar-refractivity contribution in [3.8, 4) is 0 Å². The third-order valence-corrected chi connectivity index (χ3v) is 7.97. The fraction of sp³-hybridized carbons (Fsp3) is 0.481. The molecule has 0 spiro atoms. The van der Waals surface area contributed by atoms with Gasteiger partial charge in [-0.15, -0.1) is 0 Å². The lowest BCUT2D eigenvalue weighted by Gasteiger charge is -2.31. The Balaban J connectivity index is 2.27. The van der Waals surface area contributed by atoms with E-state index in [-0.39, 0.29) is 37.5 Å². The van der Waals surface area contributed by atoms with Gasteiger partial charge in [0, 0.05) is 36.1 Å². The predicted molar refractivity (Wildman–Crippen MR) is 152 cm³/mol. The molecule has 2 aromatic carbocycles. The van der Waals surface area contributed by atoms with E-state index in [9.17, 15) is 31.2 Å². The van der Waals surface area contributed by atoms with E-state index in [1.807, 2.05) is 6.92 Å². The Morgan fingerprint density at radius 2 is 1.75 bits per heavy atom. The minimum atomic E-state index is -4.65. The van der Waals surface area contributed by atoms with Crippen LogP contribution in [0.4, 0.5) is 18.9 Å². The summed E-state index contributed by atoms with van der Waals surface area (Å²) in [6.45, 7) is 3.99. The molecule has 0 fully saturated rings. The van der Waals surface area contributed by atoms with E-state index >= 15 is 0 Å². The van der Waals surface area contributed by atoms with Crippen LogP contribution in [0.25, 0.3) is 0 Å². The van der Waals surface area contributed by atoms with Crippen LogP contribution in [0.3, 0.4) is 0 Å². The quantitative estimate of drug-likeness (QED) is 0.251. The van der Waals surface area contributed by atoms with Gasteiger partial charge in [0.15, 0.2) is 0 Å². The number of nitrogens with one attached hydrogen (secondary N) is 1. The molecule has 2 amide bonds. The Kier molecular flexibility index (Phi) is 12.6. The molecule has 0 aromatic heterocycles. The molecule has 7 nitrogen and oxygen atoms in total. The zero-order valence-electron chi connectivity index (χ0n) is 22.6. The molecule has 0 aliphatic carbocycles. The van der Waals surface area contributed by atoms with Crippen molar-refractivity contribution >= 4 is 50.7 Å². The fourth-order valence-corrected chi connectivity index (χ4v) is 5.53. The van der Waals surface area contributed by atoms with Crippen molar-refractivity contribution in [3.05, 3.63) is 63.6 Å². The SMILES string of the molecule is CCCCNC(=O)[C@H](CC)N(Cc1ccc(Cl)cc1Cl)C(=O)CCCN(c1cccc(C(F)(F)F)c1)S(C)(=O)=O. The molecule has 0 aliphatic rings. The normalized spacial score (nSPS) is 12.6. The van der Waals surface area contributed by atoms with E-state index in [0.717, 1.165) is 41.6 Å². The van der Waals surface area contributed by atoms with Crippen LogP contribution < -0.4 is 9.62 Å². The van der Waals surface area contributed by atoms with Crippen molar-refractivity contribution in [1.29, 1.82) is 0 Å². The molecule has 0 saturated heterocycles. The van der Waals surface area contributed by atoms with Crippen LogP contribution in [0.1, 0.15) is 57.1 Å². The number of amides is 2. The summed E-state index contributed by atoms with van der Waals surface area (Å²) in [5, 5.41) is 3.57. The lowest BCUT2D eigenvalue weighted by molar-refractivity contribution is -0.141. The zero-order valence-corrected chi connectivity index (χ0v) is 24.9. The summed E-state index contributed by atoms with van der Waals surface area (Å²) in [6, 6.07) is 7.99. The summed E-state index contributed by atoms with van der Waals surface area (Å²) in [5.74, 6) is -0.753. The average molecular weight is 625 g/mol. The maximum atomic E-state index is 13.5. The fourth-order valence-electron chi connectivity index (χ4n) is 4.10. The van der Waals surface area contributed by atoms with E-state index in [4.69, 9.17) is 23.2 Å². The number of sulfonamides is 1. The number of unbranched alkanes of at least 4 members (excludes halogenated alkanes) is 1. The molecule has 0 aliphatic heterocycles. The number of anilines is 1. The molecule has 13 heteroatoms. The molecule has 1 N–H and O–H groups in total. The van der Waals surface area contributed by atoms with Gasteiger partial charge < -0.3 is 10.2 Å². The van der Waals surface area contributed by atoms with Crippen molar-refractivity contribution < 1.29 is 31.2 Å². The molecule has 0 saturated carbocycles. The topological polar surface area (TPSA) is 86.8 Å². The third kappa shape index (κ3) is 9.85. The van der Waals surface area contributed by atoms with Gasteiger partial charge in [0.25, 0.3) is 0 Å². The smallest absolute Gasteiger partial charge is 0.354 e. The van der Waals surface area contributed by atoms with Gasteiger partial charge >= 0.3 is 6.18 Å². The lowest BCUT2D eigenvalue weighted by Crippen LogP contribution is -2.49. The van der Waals surface area contributed by atoms with Gasteiger partial charge in [-0.3, -0.25) is 13.9 Å². The number of benzene rings is 2. The predicted octanol–water partition coefficient (Wildman–Crippen LogP) is 6.28. The van der Waals surface area contributed by atoms with Crippen LogP contribution in [0.2, 0.25) is 10.0 Å². The van der Waals surface area contributed by atoms with Crippen LogP contribution >= 0.6 is 23.2 Å². The molecule has 1 atom stereocenters. The first-order valence-electron chi connectivity index (χ1n) is 12.8. The van der Waals surface area contributed by atoms with E-state index in [1.54, 1.807) is 19.1 Å². The van der Waals surface area contributed by atoms with E-state index in [0.29, 0.717) is 28.6 Å². The average Bonchev–Trinajstić information content (AvgIpc) is 2.86. The zero-order chi connectivity index (χ0) is 30.1. The maximum Gasteiger partial charge on any atom is 0.416 e. The highest BCUT2D eigenvalue weighted by atomic mass is 35.5.